The number of nitrogens with zero attached hydrogens (tertiary/aromatic N) is 2. The average molecular weight is 165 g/mol. The van der Waals surface area contributed by atoms with Crippen LogP contribution in [0, 0.1) is 0 Å². The molecule has 6 nitrogen and oxygen atoms in total. The van der Waals surface area contributed by atoms with E-state index < -0.39 is 7.75 Å². The SMILES string of the molecule is CN(C)C(N)=NP(=O)([O-])[O-]. The highest BCUT2D eigenvalue weighted by Gasteiger charge is 1.93. The molecule has 0 aliphatic carbocycles. The van der Waals surface area contributed by atoms with Crippen molar-refractivity contribution < 1.29 is 14.4 Å². The van der Waals surface area contributed by atoms with E-state index in [1.54, 1.807) is 0 Å². The molecule has 0 heterocycles. The summed E-state index contributed by atoms with van der Waals surface area (Å²) in [4.78, 5) is 21.1. The predicted octanol–water partition coefficient (Wildman–Crippen LogP) is -2.31. The highest BCUT2D eigenvalue weighted by Crippen LogP contribution is 2.24. The maximum absolute atomic E-state index is 9.92. The maximum atomic E-state index is 9.92. The average Bonchev–Trinajstić information content (AvgIpc) is 1.60. The number of nitrogens with two attached hydrogens (primary N) is 1. The fraction of sp³-hybridized carbons (Fsp3) is 0.667. The summed E-state index contributed by atoms with van der Waals surface area (Å²) in [6.07, 6.45) is 0. The van der Waals surface area contributed by atoms with Gasteiger partial charge in [-0.1, -0.05) is 0 Å². The van der Waals surface area contributed by atoms with E-state index in [1.807, 2.05) is 0 Å². The minimum Gasteiger partial charge on any atom is -0.793 e. The molecule has 10 heavy (non-hydrogen) atoms. The highest BCUT2D eigenvalue weighted by atomic mass is 31.2. The quantitative estimate of drug-likeness (QED) is 0.267. The third kappa shape index (κ3) is 4.31. The minimum atomic E-state index is -4.85. The highest BCUT2D eigenvalue weighted by molar-refractivity contribution is 7.47. The van der Waals surface area contributed by atoms with Gasteiger partial charge in [0.05, 0.1) is 7.75 Å². The van der Waals surface area contributed by atoms with Gasteiger partial charge in [-0.15, -0.1) is 0 Å². The van der Waals surface area contributed by atoms with Crippen LogP contribution < -0.4 is 15.5 Å². The van der Waals surface area contributed by atoms with Gasteiger partial charge in [0.15, 0.2) is 5.96 Å². The lowest BCUT2D eigenvalue weighted by molar-refractivity contribution is -0.313. The first kappa shape index (κ1) is 9.42. The molecule has 0 unspecified atom stereocenters. The summed E-state index contributed by atoms with van der Waals surface area (Å²) in [5.74, 6) is -0.312. The molecule has 0 atom stereocenters. The molecule has 0 bridgehead atoms. The Kier molecular flexibility index (Phi) is 2.83. The van der Waals surface area contributed by atoms with Crippen LogP contribution >= 0.6 is 7.75 Å². The molecule has 0 spiro atoms. The van der Waals surface area contributed by atoms with Gasteiger partial charge in [-0.25, -0.2) is 4.76 Å². The molecule has 0 amide bonds. The van der Waals surface area contributed by atoms with Crippen molar-refractivity contribution in [2.24, 2.45) is 10.5 Å². The van der Waals surface area contributed by atoms with Gasteiger partial charge in [-0.2, -0.15) is 0 Å². The second kappa shape index (κ2) is 3.01. The minimum absolute atomic E-state index is 0.312. The van der Waals surface area contributed by atoms with Gasteiger partial charge in [0.2, 0.25) is 0 Å². The first-order valence-corrected chi connectivity index (χ1v) is 3.87. The third-order valence-electron chi connectivity index (χ3n) is 0.683. The fourth-order valence-corrected chi connectivity index (χ4v) is 0.645. The van der Waals surface area contributed by atoms with Crippen molar-refractivity contribution in [2.45, 2.75) is 0 Å². The van der Waals surface area contributed by atoms with Gasteiger partial charge < -0.3 is 25.0 Å². The van der Waals surface area contributed by atoms with Gasteiger partial charge in [0.25, 0.3) is 0 Å². The predicted molar refractivity (Wildman–Crippen MR) is 32.9 cm³/mol. The second-order valence-corrected chi connectivity index (χ2v) is 2.96. The van der Waals surface area contributed by atoms with Crippen LogP contribution in [0.25, 0.3) is 0 Å². The van der Waals surface area contributed by atoms with E-state index in [9.17, 15) is 14.4 Å². The van der Waals surface area contributed by atoms with Crippen molar-refractivity contribution in [2.75, 3.05) is 14.1 Å². The molecular weight excluding hydrogens is 157 g/mol. The molecule has 0 aromatic carbocycles. The molecule has 0 saturated heterocycles. The summed E-state index contributed by atoms with van der Waals surface area (Å²) >= 11 is 0. The van der Waals surface area contributed by atoms with Gasteiger partial charge in [-0.3, -0.25) is 0 Å². The van der Waals surface area contributed by atoms with Crippen LogP contribution in [0.2, 0.25) is 0 Å². The number of hydrogen-bond acceptors (Lipinski definition) is 3. The largest absolute Gasteiger partial charge is 0.793 e. The first-order chi connectivity index (χ1) is 4.33. The lowest BCUT2D eigenvalue weighted by Crippen LogP contribution is -2.31. The molecule has 0 rings (SSSR count). The molecule has 0 aliphatic rings. The molecule has 2 N–H and O–H groups in total. The lowest BCUT2D eigenvalue weighted by atomic mass is 10.8. The monoisotopic (exact) mass is 165 g/mol. The fourth-order valence-electron chi connectivity index (χ4n) is 0.215. The Labute approximate surface area is 58.6 Å². The molecule has 0 fully saturated rings. The van der Waals surface area contributed by atoms with Crippen molar-refractivity contribution >= 4 is 13.7 Å². The Morgan fingerprint density at radius 3 is 2.10 bits per heavy atom. The summed E-state index contributed by atoms with van der Waals surface area (Å²) in [5.41, 5.74) is 5.01. The summed E-state index contributed by atoms with van der Waals surface area (Å²) in [5, 5.41) is 0. The Morgan fingerprint density at radius 1 is 1.60 bits per heavy atom. The van der Waals surface area contributed by atoms with Crippen LogP contribution in [-0.4, -0.2) is 25.0 Å². The number of rotatable bonds is 1. The van der Waals surface area contributed by atoms with Crippen LogP contribution in [0.4, 0.5) is 0 Å². The second-order valence-electron chi connectivity index (χ2n) is 1.82. The molecule has 0 saturated carbocycles. The smallest absolute Gasteiger partial charge is 0.195 e. The van der Waals surface area contributed by atoms with E-state index in [0.717, 1.165) is 0 Å². The van der Waals surface area contributed by atoms with Crippen molar-refractivity contribution in [3.63, 3.8) is 0 Å². The Bertz CT molecular complexity index is 183. The molecular formula is C3H8N3O3P-2. The first-order valence-electron chi connectivity index (χ1n) is 2.38. The van der Waals surface area contributed by atoms with Crippen LogP contribution in [0.15, 0.2) is 4.76 Å². The molecule has 0 radical (unpaired) electrons. The maximum Gasteiger partial charge on any atom is 0.195 e. The number of guanidine groups is 1. The molecule has 7 heteroatoms. The summed E-state index contributed by atoms with van der Waals surface area (Å²) in [6.45, 7) is 0. The van der Waals surface area contributed by atoms with Crippen molar-refractivity contribution in [3.05, 3.63) is 0 Å². The zero-order valence-electron chi connectivity index (χ0n) is 5.64. The van der Waals surface area contributed by atoms with E-state index in [2.05, 4.69) is 4.76 Å². The molecule has 0 aromatic heterocycles. The van der Waals surface area contributed by atoms with Crippen LogP contribution in [-0.2, 0) is 4.57 Å². The molecule has 60 valence electrons. The zero-order chi connectivity index (χ0) is 8.36. The Balaban J connectivity index is 4.33. The van der Waals surface area contributed by atoms with Gasteiger partial charge >= 0.3 is 0 Å². The summed E-state index contributed by atoms with van der Waals surface area (Å²) in [7, 11) is -1.89. The van der Waals surface area contributed by atoms with Crippen LogP contribution in [0.3, 0.4) is 0 Å². The zero-order valence-corrected chi connectivity index (χ0v) is 6.54. The van der Waals surface area contributed by atoms with Crippen LogP contribution in [0.1, 0.15) is 0 Å². The van der Waals surface area contributed by atoms with E-state index in [4.69, 9.17) is 5.73 Å². The normalized spacial score (nSPS) is 13.4. The van der Waals surface area contributed by atoms with Gasteiger partial charge in [0.1, 0.15) is 0 Å². The third-order valence-corrected chi connectivity index (χ3v) is 1.13. The van der Waals surface area contributed by atoms with Crippen LogP contribution in [0.5, 0.6) is 0 Å². The Morgan fingerprint density at radius 2 is 2.00 bits per heavy atom. The van der Waals surface area contributed by atoms with Crippen molar-refractivity contribution in [1.82, 2.24) is 4.90 Å². The topological polar surface area (TPSA) is 105 Å². The standard InChI is InChI=1S/C3H10N3O3P/c1-6(2)3(4)5-10(7,8)9/h1-2H3,(H4,4,5,7,8,9)/p-2. The van der Waals surface area contributed by atoms with E-state index in [-0.39, 0.29) is 5.96 Å². The van der Waals surface area contributed by atoms with E-state index >= 15 is 0 Å². The number of hydrogen-bond donors (Lipinski definition) is 1. The van der Waals surface area contributed by atoms with Gasteiger partial charge in [0, 0.05) is 14.1 Å². The van der Waals surface area contributed by atoms with E-state index in [1.165, 1.54) is 19.0 Å². The Hall–Kier alpha value is -0.580. The van der Waals surface area contributed by atoms with E-state index in [0.29, 0.717) is 0 Å². The molecule has 0 aromatic rings. The van der Waals surface area contributed by atoms with Crippen molar-refractivity contribution in [3.8, 4) is 0 Å². The lowest BCUT2D eigenvalue weighted by Gasteiger charge is -2.25. The van der Waals surface area contributed by atoms with Gasteiger partial charge in [-0.05, 0) is 0 Å². The van der Waals surface area contributed by atoms with Crippen molar-refractivity contribution in [1.29, 1.82) is 0 Å². The summed E-state index contributed by atoms with van der Waals surface area (Å²) in [6, 6.07) is 0. The summed E-state index contributed by atoms with van der Waals surface area (Å²) < 4.78 is 12.6. The molecule has 0 aliphatic heterocycles.